The Hall–Kier alpha value is -2.10. The summed E-state index contributed by atoms with van der Waals surface area (Å²) in [5.74, 6) is -1.14. The van der Waals surface area contributed by atoms with Gasteiger partial charge in [0.1, 0.15) is 11.6 Å². The van der Waals surface area contributed by atoms with E-state index >= 15 is 0 Å². The van der Waals surface area contributed by atoms with Crippen LogP contribution in [0.2, 0.25) is 0 Å². The molecule has 2 aromatic carbocycles. The molecule has 2 aromatic rings. The van der Waals surface area contributed by atoms with Gasteiger partial charge in [-0.05, 0) is 29.8 Å². The normalized spacial score (nSPS) is 10.4. The molecule has 2 N–H and O–H groups in total. The molecule has 0 bridgehead atoms. The summed E-state index contributed by atoms with van der Waals surface area (Å²) >= 11 is 0. The Bertz CT molecular complexity index is 535. The van der Waals surface area contributed by atoms with Crippen molar-refractivity contribution in [3.8, 4) is 0 Å². The van der Waals surface area contributed by atoms with Gasteiger partial charge in [-0.15, -0.1) is 0 Å². The first-order valence-corrected chi connectivity index (χ1v) is 5.57. The Morgan fingerprint density at radius 3 is 2.28 bits per heavy atom. The van der Waals surface area contributed by atoms with Gasteiger partial charge < -0.3 is 10.6 Å². The van der Waals surface area contributed by atoms with Gasteiger partial charge >= 0.3 is 0 Å². The van der Waals surface area contributed by atoms with Crippen LogP contribution >= 0.6 is 0 Å². The minimum Gasteiger partial charge on any atom is -0.397 e. The molecular formula is C14H14F2N2. The molecular weight excluding hydrogens is 234 g/mol. The van der Waals surface area contributed by atoms with Gasteiger partial charge in [-0.1, -0.05) is 12.1 Å². The first-order chi connectivity index (χ1) is 8.56. The highest BCUT2D eigenvalue weighted by molar-refractivity contribution is 5.66. The molecule has 0 saturated carbocycles. The molecule has 94 valence electrons. The summed E-state index contributed by atoms with van der Waals surface area (Å²) in [5, 5.41) is 0. The summed E-state index contributed by atoms with van der Waals surface area (Å²) in [6.45, 7) is 0.392. The molecule has 0 aliphatic carbocycles. The van der Waals surface area contributed by atoms with E-state index in [1.165, 1.54) is 12.1 Å². The van der Waals surface area contributed by atoms with E-state index in [4.69, 9.17) is 5.73 Å². The van der Waals surface area contributed by atoms with Gasteiger partial charge in [0.15, 0.2) is 0 Å². The number of para-hydroxylation sites is 2. The SMILES string of the molecule is CN(Cc1cc(F)cc(F)c1)c1ccccc1N. The zero-order valence-electron chi connectivity index (χ0n) is 10.0. The van der Waals surface area contributed by atoms with Crippen molar-refractivity contribution in [2.75, 3.05) is 17.7 Å². The molecule has 0 amide bonds. The third-order valence-corrected chi connectivity index (χ3v) is 2.69. The highest BCUT2D eigenvalue weighted by Crippen LogP contribution is 2.23. The molecule has 4 heteroatoms. The lowest BCUT2D eigenvalue weighted by molar-refractivity contribution is 0.579. The first kappa shape index (κ1) is 12.4. The summed E-state index contributed by atoms with van der Waals surface area (Å²) in [6, 6.07) is 10.9. The number of hydrogen-bond donors (Lipinski definition) is 1. The molecule has 18 heavy (non-hydrogen) atoms. The lowest BCUT2D eigenvalue weighted by atomic mass is 10.2. The fraction of sp³-hybridized carbons (Fsp3) is 0.143. The third kappa shape index (κ3) is 2.77. The molecule has 0 aliphatic heterocycles. The lowest BCUT2D eigenvalue weighted by Crippen LogP contribution is -2.17. The first-order valence-electron chi connectivity index (χ1n) is 5.57. The number of nitrogen functional groups attached to an aromatic ring is 1. The second-order valence-electron chi connectivity index (χ2n) is 4.19. The molecule has 0 atom stereocenters. The van der Waals surface area contributed by atoms with Crippen molar-refractivity contribution in [2.24, 2.45) is 0 Å². The van der Waals surface area contributed by atoms with Crippen LogP contribution in [0.25, 0.3) is 0 Å². The maximum Gasteiger partial charge on any atom is 0.126 e. The monoisotopic (exact) mass is 248 g/mol. The van der Waals surface area contributed by atoms with E-state index in [2.05, 4.69) is 0 Å². The van der Waals surface area contributed by atoms with E-state index in [9.17, 15) is 8.78 Å². The molecule has 0 aromatic heterocycles. The van der Waals surface area contributed by atoms with Gasteiger partial charge in [-0.2, -0.15) is 0 Å². The van der Waals surface area contributed by atoms with Crippen LogP contribution in [-0.2, 0) is 6.54 Å². The van der Waals surface area contributed by atoms with Crippen molar-refractivity contribution in [3.63, 3.8) is 0 Å². The van der Waals surface area contributed by atoms with Gasteiger partial charge in [0.2, 0.25) is 0 Å². The fourth-order valence-electron chi connectivity index (χ4n) is 1.90. The van der Waals surface area contributed by atoms with E-state index in [-0.39, 0.29) is 0 Å². The summed E-state index contributed by atoms with van der Waals surface area (Å²) in [5.41, 5.74) is 7.88. The van der Waals surface area contributed by atoms with E-state index < -0.39 is 11.6 Å². The van der Waals surface area contributed by atoms with Gasteiger partial charge in [-0.3, -0.25) is 0 Å². The van der Waals surface area contributed by atoms with Gasteiger partial charge in [0.25, 0.3) is 0 Å². The third-order valence-electron chi connectivity index (χ3n) is 2.69. The van der Waals surface area contributed by atoms with E-state index in [1.54, 1.807) is 6.07 Å². The number of benzene rings is 2. The van der Waals surface area contributed by atoms with Crippen molar-refractivity contribution in [2.45, 2.75) is 6.54 Å². The zero-order chi connectivity index (χ0) is 13.1. The highest BCUT2D eigenvalue weighted by atomic mass is 19.1. The predicted octanol–water partition coefficient (Wildman–Crippen LogP) is 3.18. The number of anilines is 2. The number of nitrogens with zero attached hydrogens (tertiary/aromatic N) is 1. The van der Waals surface area contributed by atoms with Crippen LogP contribution in [0.1, 0.15) is 5.56 Å². The molecule has 2 nitrogen and oxygen atoms in total. The maximum absolute atomic E-state index is 13.1. The standard InChI is InChI=1S/C14H14F2N2/c1-18(14-5-3-2-4-13(14)17)9-10-6-11(15)8-12(16)7-10/h2-8H,9,17H2,1H3. The fourth-order valence-corrected chi connectivity index (χ4v) is 1.90. The summed E-state index contributed by atoms with van der Waals surface area (Å²) in [7, 11) is 1.83. The van der Waals surface area contributed by atoms with Gasteiger partial charge in [0, 0.05) is 19.7 Å². The zero-order valence-corrected chi connectivity index (χ0v) is 10.0. The largest absolute Gasteiger partial charge is 0.397 e. The van der Waals surface area contributed by atoms with Crippen LogP contribution in [0.5, 0.6) is 0 Å². The minimum absolute atomic E-state index is 0.392. The maximum atomic E-state index is 13.1. The number of rotatable bonds is 3. The van der Waals surface area contributed by atoms with E-state index in [1.807, 2.05) is 30.1 Å². The molecule has 0 radical (unpaired) electrons. The van der Waals surface area contributed by atoms with Crippen LogP contribution in [0.3, 0.4) is 0 Å². The molecule has 0 spiro atoms. The lowest BCUT2D eigenvalue weighted by Gasteiger charge is -2.21. The highest BCUT2D eigenvalue weighted by Gasteiger charge is 2.07. The van der Waals surface area contributed by atoms with Gasteiger partial charge in [0.05, 0.1) is 11.4 Å². The van der Waals surface area contributed by atoms with Crippen molar-refractivity contribution >= 4 is 11.4 Å². The van der Waals surface area contributed by atoms with Crippen LogP contribution < -0.4 is 10.6 Å². The molecule has 0 saturated heterocycles. The Kier molecular flexibility index (Phi) is 3.46. The summed E-state index contributed by atoms with van der Waals surface area (Å²) < 4.78 is 26.2. The topological polar surface area (TPSA) is 29.3 Å². The molecule has 0 aliphatic rings. The Morgan fingerprint density at radius 1 is 1.06 bits per heavy atom. The van der Waals surface area contributed by atoms with Crippen molar-refractivity contribution < 1.29 is 8.78 Å². The van der Waals surface area contributed by atoms with Crippen molar-refractivity contribution in [3.05, 3.63) is 59.7 Å². The number of halogens is 2. The number of nitrogens with two attached hydrogens (primary N) is 1. The molecule has 0 heterocycles. The van der Waals surface area contributed by atoms with Crippen LogP contribution in [0.15, 0.2) is 42.5 Å². The Labute approximate surface area is 105 Å². The van der Waals surface area contributed by atoms with Crippen molar-refractivity contribution in [1.82, 2.24) is 0 Å². The number of hydrogen-bond acceptors (Lipinski definition) is 2. The molecule has 0 fully saturated rings. The van der Waals surface area contributed by atoms with Crippen LogP contribution in [0, 0.1) is 11.6 Å². The van der Waals surface area contributed by atoms with E-state index in [0.717, 1.165) is 11.8 Å². The van der Waals surface area contributed by atoms with E-state index in [0.29, 0.717) is 17.8 Å². The minimum atomic E-state index is -0.570. The molecule has 2 rings (SSSR count). The Balaban J connectivity index is 2.21. The molecule has 0 unspecified atom stereocenters. The van der Waals surface area contributed by atoms with Crippen molar-refractivity contribution in [1.29, 1.82) is 0 Å². The average molecular weight is 248 g/mol. The summed E-state index contributed by atoms with van der Waals surface area (Å²) in [6.07, 6.45) is 0. The Morgan fingerprint density at radius 2 is 1.67 bits per heavy atom. The van der Waals surface area contributed by atoms with Gasteiger partial charge in [-0.25, -0.2) is 8.78 Å². The summed E-state index contributed by atoms with van der Waals surface area (Å²) in [4.78, 5) is 1.85. The van der Waals surface area contributed by atoms with Crippen LogP contribution in [-0.4, -0.2) is 7.05 Å². The average Bonchev–Trinajstić information content (AvgIpc) is 2.27. The second kappa shape index (κ2) is 5.04. The smallest absolute Gasteiger partial charge is 0.126 e. The second-order valence-corrected chi connectivity index (χ2v) is 4.19. The predicted molar refractivity (Wildman–Crippen MR) is 69.3 cm³/mol. The van der Waals surface area contributed by atoms with Crippen LogP contribution in [0.4, 0.5) is 20.2 Å². The quantitative estimate of drug-likeness (QED) is 0.845.